The van der Waals surface area contributed by atoms with Gasteiger partial charge >= 0.3 is 0 Å². The molecule has 0 N–H and O–H groups in total. The van der Waals surface area contributed by atoms with Crippen molar-refractivity contribution in [3.05, 3.63) is 103 Å². The van der Waals surface area contributed by atoms with Crippen LogP contribution in [0.2, 0.25) is 0 Å². The first-order valence-corrected chi connectivity index (χ1v) is 9.80. The lowest BCUT2D eigenvalue weighted by molar-refractivity contribution is -0.107. The zero-order valence-corrected chi connectivity index (χ0v) is 17.8. The smallest absolute Gasteiger partial charge is 0.120 e. The SMILES string of the molecule is C=C(C)/C=C\C(=C)C(=C)/C=C\C(=C)OCCN(CCCC=O)c1ccc(C)cc1. The van der Waals surface area contributed by atoms with E-state index in [1.807, 2.05) is 25.2 Å². The molecule has 29 heavy (non-hydrogen) atoms. The van der Waals surface area contributed by atoms with E-state index in [2.05, 4.69) is 62.4 Å². The minimum Gasteiger partial charge on any atom is -0.492 e. The Bertz CT molecular complexity index is 781. The molecule has 0 atom stereocenters. The van der Waals surface area contributed by atoms with Crippen molar-refractivity contribution in [2.75, 3.05) is 24.6 Å². The standard InChI is InChI=1S/C26H33NO2/c1-21(2)9-12-23(4)24(5)13-14-25(6)29-20-18-27(17-7-8-19-28)26-15-10-22(3)11-16-26/h9-16,19H,1,4-8,17-18,20H2,2-3H3/b12-9-,14-13-. The molecule has 0 spiro atoms. The Morgan fingerprint density at radius 1 is 0.966 bits per heavy atom. The topological polar surface area (TPSA) is 29.5 Å². The van der Waals surface area contributed by atoms with Gasteiger partial charge in [0.05, 0.1) is 6.54 Å². The maximum Gasteiger partial charge on any atom is 0.120 e. The summed E-state index contributed by atoms with van der Waals surface area (Å²) in [5.74, 6) is 0.569. The van der Waals surface area contributed by atoms with Gasteiger partial charge in [-0.3, -0.25) is 0 Å². The third kappa shape index (κ3) is 10.2. The van der Waals surface area contributed by atoms with E-state index in [1.54, 1.807) is 6.08 Å². The van der Waals surface area contributed by atoms with Gasteiger partial charge in [0, 0.05) is 18.7 Å². The van der Waals surface area contributed by atoms with E-state index in [4.69, 9.17) is 4.74 Å². The molecular formula is C26H33NO2. The summed E-state index contributed by atoms with van der Waals surface area (Å²) in [6, 6.07) is 8.37. The number of carbonyl (C=O) groups excluding carboxylic acids is 1. The zero-order valence-electron chi connectivity index (χ0n) is 17.8. The number of ether oxygens (including phenoxy) is 1. The lowest BCUT2D eigenvalue weighted by Gasteiger charge is -2.25. The molecule has 1 aromatic rings. The van der Waals surface area contributed by atoms with Gasteiger partial charge in [0.25, 0.3) is 0 Å². The van der Waals surface area contributed by atoms with Crippen molar-refractivity contribution in [3.63, 3.8) is 0 Å². The van der Waals surface area contributed by atoms with Crippen molar-refractivity contribution in [2.24, 2.45) is 0 Å². The molecule has 0 aliphatic heterocycles. The second kappa shape index (κ2) is 13.2. The van der Waals surface area contributed by atoms with Crippen molar-refractivity contribution in [1.82, 2.24) is 0 Å². The number of nitrogens with zero attached hydrogens (tertiary/aromatic N) is 1. The Labute approximate surface area is 176 Å². The van der Waals surface area contributed by atoms with E-state index < -0.39 is 0 Å². The molecule has 0 saturated carbocycles. The summed E-state index contributed by atoms with van der Waals surface area (Å²) < 4.78 is 5.76. The van der Waals surface area contributed by atoms with Crippen molar-refractivity contribution in [1.29, 1.82) is 0 Å². The van der Waals surface area contributed by atoms with Crippen LogP contribution < -0.4 is 4.90 Å². The van der Waals surface area contributed by atoms with E-state index in [0.717, 1.165) is 41.7 Å². The maximum absolute atomic E-state index is 10.6. The first kappa shape index (κ1) is 24.0. The van der Waals surface area contributed by atoms with E-state index in [-0.39, 0.29) is 0 Å². The molecule has 1 aromatic carbocycles. The van der Waals surface area contributed by atoms with Gasteiger partial charge in [-0.25, -0.2) is 0 Å². The molecule has 0 bridgehead atoms. The quantitative estimate of drug-likeness (QED) is 0.166. The van der Waals surface area contributed by atoms with Crippen LogP contribution in [0.25, 0.3) is 0 Å². The van der Waals surface area contributed by atoms with Crippen molar-refractivity contribution >= 4 is 12.0 Å². The zero-order chi connectivity index (χ0) is 21.6. The van der Waals surface area contributed by atoms with E-state index in [0.29, 0.717) is 25.3 Å². The molecule has 0 aliphatic carbocycles. The van der Waals surface area contributed by atoms with Crippen LogP contribution >= 0.6 is 0 Å². The predicted molar refractivity (Wildman–Crippen MR) is 125 cm³/mol. The van der Waals surface area contributed by atoms with Gasteiger partial charge in [-0.15, -0.1) is 0 Å². The molecule has 0 aromatic heterocycles. The van der Waals surface area contributed by atoms with Gasteiger partial charge in [0.2, 0.25) is 0 Å². The van der Waals surface area contributed by atoms with Crippen molar-refractivity contribution < 1.29 is 9.53 Å². The summed E-state index contributed by atoms with van der Waals surface area (Å²) in [6.07, 6.45) is 9.76. The Hall–Kier alpha value is -3.07. The molecule has 154 valence electrons. The molecule has 0 aliphatic rings. The van der Waals surface area contributed by atoms with Crippen molar-refractivity contribution in [3.8, 4) is 0 Å². The molecule has 0 radical (unpaired) electrons. The fourth-order valence-electron chi connectivity index (χ4n) is 2.48. The second-order valence-electron chi connectivity index (χ2n) is 7.01. The number of allylic oxidation sites excluding steroid dienone is 7. The lowest BCUT2D eigenvalue weighted by atomic mass is 10.1. The largest absolute Gasteiger partial charge is 0.492 e. The highest BCUT2D eigenvalue weighted by atomic mass is 16.5. The minimum atomic E-state index is 0.501. The van der Waals surface area contributed by atoms with Crippen molar-refractivity contribution in [2.45, 2.75) is 26.7 Å². The van der Waals surface area contributed by atoms with Crippen LogP contribution in [-0.4, -0.2) is 26.0 Å². The van der Waals surface area contributed by atoms with E-state index in [9.17, 15) is 4.79 Å². The minimum absolute atomic E-state index is 0.501. The molecule has 3 nitrogen and oxygen atoms in total. The van der Waals surface area contributed by atoms with Gasteiger partial charge in [0.15, 0.2) is 0 Å². The fourth-order valence-corrected chi connectivity index (χ4v) is 2.48. The first-order valence-electron chi connectivity index (χ1n) is 9.80. The number of aldehydes is 1. The van der Waals surface area contributed by atoms with Crippen LogP contribution in [0, 0.1) is 6.92 Å². The highest BCUT2D eigenvalue weighted by Crippen LogP contribution is 2.16. The molecular weight excluding hydrogens is 358 g/mol. The summed E-state index contributed by atoms with van der Waals surface area (Å²) >= 11 is 0. The average molecular weight is 392 g/mol. The summed E-state index contributed by atoms with van der Waals surface area (Å²) in [7, 11) is 0. The van der Waals surface area contributed by atoms with Gasteiger partial charge in [-0.05, 0) is 49.6 Å². The molecule has 1 rings (SSSR count). The number of anilines is 1. The summed E-state index contributed by atoms with van der Waals surface area (Å²) in [5, 5.41) is 0. The number of rotatable bonds is 14. The van der Waals surface area contributed by atoms with Gasteiger partial charge in [-0.1, -0.05) is 67.8 Å². The highest BCUT2D eigenvalue weighted by molar-refractivity contribution is 5.50. The maximum atomic E-state index is 10.6. The molecule has 0 unspecified atom stereocenters. The predicted octanol–water partition coefficient (Wildman–Crippen LogP) is 6.11. The Kier molecular flexibility index (Phi) is 10.9. The van der Waals surface area contributed by atoms with Crippen LogP contribution in [0.4, 0.5) is 5.69 Å². The molecule has 3 heteroatoms. The van der Waals surface area contributed by atoms with E-state index in [1.165, 1.54) is 5.56 Å². The Morgan fingerprint density at radius 2 is 1.59 bits per heavy atom. The summed E-state index contributed by atoms with van der Waals surface area (Å²) in [6.45, 7) is 21.8. The van der Waals surface area contributed by atoms with Crippen LogP contribution in [0.5, 0.6) is 0 Å². The molecule has 0 heterocycles. The van der Waals surface area contributed by atoms with E-state index >= 15 is 0 Å². The number of carbonyl (C=O) groups is 1. The average Bonchev–Trinajstić information content (AvgIpc) is 2.69. The van der Waals surface area contributed by atoms with Gasteiger partial charge < -0.3 is 14.4 Å². The van der Waals surface area contributed by atoms with Crippen LogP contribution in [0.3, 0.4) is 0 Å². The molecule has 0 saturated heterocycles. The van der Waals surface area contributed by atoms with Crippen LogP contribution in [0.1, 0.15) is 25.3 Å². The van der Waals surface area contributed by atoms with Gasteiger partial charge in [-0.2, -0.15) is 0 Å². The summed E-state index contributed by atoms with van der Waals surface area (Å²) in [5.41, 5.74) is 4.92. The third-order valence-electron chi connectivity index (χ3n) is 4.25. The summed E-state index contributed by atoms with van der Waals surface area (Å²) in [4.78, 5) is 12.9. The monoisotopic (exact) mass is 391 g/mol. The number of hydrogen-bond acceptors (Lipinski definition) is 3. The van der Waals surface area contributed by atoms with Gasteiger partial charge in [0.1, 0.15) is 18.7 Å². The lowest BCUT2D eigenvalue weighted by Crippen LogP contribution is -2.28. The number of aryl methyl sites for hydroxylation is 1. The number of unbranched alkanes of at least 4 members (excludes halogenated alkanes) is 1. The third-order valence-corrected chi connectivity index (χ3v) is 4.25. The normalized spacial score (nSPS) is 10.8. The number of hydrogen-bond donors (Lipinski definition) is 0. The fraction of sp³-hybridized carbons (Fsp3) is 0.269. The Balaban J connectivity index is 2.55. The first-order chi connectivity index (χ1) is 13.8. The molecule has 0 amide bonds. The van der Waals surface area contributed by atoms with Crippen LogP contribution in [-0.2, 0) is 9.53 Å². The molecule has 0 fully saturated rings. The Morgan fingerprint density at radius 3 is 2.17 bits per heavy atom. The second-order valence-corrected chi connectivity index (χ2v) is 7.01. The number of benzene rings is 1. The van der Waals surface area contributed by atoms with Crippen LogP contribution in [0.15, 0.2) is 97.4 Å². The highest BCUT2D eigenvalue weighted by Gasteiger charge is 2.06.